The molecule has 1 fully saturated rings. The van der Waals surface area contributed by atoms with Gasteiger partial charge < -0.3 is 4.42 Å². The van der Waals surface area contributed by atoms with Gasteiger partial charge in [0.2, 0.25) is 0 Å². The van der Waals surface area contributed by atoms with Crippen LogP contribution in [0.1, 0.15) is 58.9 Å². The number of nitro benzene ring substituents is 1. The summed E-state index contributed by atoms with van der Waals surface area (Å²) in [5.74, 6) is -0.432. The molecule has 0 aliphatic heterocycles. The number of Topliss-reactive ketones (excluding diaryl/α,β-unsaturated/α-hetero) is 2. The van der Waals surface area contributed by atoms with Crippen LogP contribution in [0.3, 0.4) is 0 Å². The first kappa shape index (κ1) is 26.3. The minimum atomic E-state index is -0.501. The van der Waals surface area contributed by atoms with Crippen LogP contribution in [0.25, 0.3) is 33.4 Å². The summed E-state index contributed by atoms with van der Waals surface area (Å²) >= 11 is 0. The topological polar surface area (TPSA) is 90.4 Å². The van der Waals surface area contributed by atoms with Gasteiger partial charge in [0.25, 0.3) is 5.69 Å². The van der Waals surface area contributed by atoms with Gasteiger partial charge in [0.1, 0.15) is 17.2 Å². The smallest absolute Gasteiger partial charge is 0.280 e. The first-order valence-electron chi connectivity index (χ1n) is 13.5. The quantitative estimate of drug-likeness (QED) is 0.105. The normalized spacial score (nSPS) is 13.7. The van der Waals surface area contributed by atoms with E-state index in [0.717, 1.165) is 18.4 Å². The molecular weight excluding hydrogens is 521 g/mol. The van der Waals surface area contributed by atoms with Gasteiger partial charge in [-0.2, -0.15) is 0 Å². The second-order valence-electron chi connectivity index (χ2n) is 10.5. The molecule has 0 unspecified atom stereocenters. The highest BCUT2D eigenvalue weighted by Crippen LogP contribution is 2.51. The highest BCUT2D eigenvalue weighted by molar-refractivity contribution is 6.13. The molecule has 0 N–H and O–H groups in total. The summed E-state index contributed by atoms with van der Waals surface area (Å²) in [6, 6.07) is 25.3. The van der Waals surface area contributed by atoms with E-state index < -0.39 is 10.7 Å². The van der Waals surface area contributed by atoms with E-state index in [1.165, 1.54) is 30.3 Å². The average molecular weight is 548 g/mol. The van der Waals surface area contributed by atoms with Crippen LogP contribution in [0.5, 0.6) is 0 Å². The van der Waals surface area contributed by atoms with Crippen LogP contribution in [0.2, 0.25) is 0 Å². The minimum Gasteiger partial charge on any atom is -0.455 e. The number of furan rings is 1. The van der Waals surface area contributed by atoms with Crippen LogP contribution < -0.4 is 0 Å². The van der Waals surface area contributed by atoms with E-state index in [0.29, 0.717) is 28.5 Å². The molecule has 0 atom stereocenters. The molecule has 1 aromatic heterocycles. The maximum Gasteiger partial charge on any atom is 0.280 e. The van der Waals surface area contributed by atoms with E-state index in [1.807, 2.05) is 18.2 Å². The molecule has 0 amide bonds. The summed E-state index contributed by atoms with van der Waals surface area (Å²) in [5, 5.41) is 12.6. The zero-order chi connectivity index (χ0) is 28.7. The molecule has 1 saturated carbocycles. The van der Waals surface area contributed by atoms with Gasteiger partial charge in [0.15, 0.2) is 11.6 Å². The summed E-state index contributed by atoms with van der Waals surface area (Å²) < 4.78 is 19.6. The molecule has 41 heavy (non-hydrogen) atoms. The predicted octanol–water partition coefficient (Wildman–Crippen LogP) is 8.71. The zero-order valence-electron chi connectivity index (χ0n) is 22.4. The predicted molar refractivity (Wildman–Crippen MR) is 155 cm³/mol. The third-order valence-electron chi connectivity index (χ3n) is 7.94. The molecule has 4 aromatic carbocycles. The van der Waals surface area contributed by atoms with Crippen molar-refractivity contribution in [2.24, 2.45) is 0 Å². The van der Waals surface area contributed by atoms with Crippen molar-refractivity contribution in [3.63, 3.8) is 0 Å². The SMILES string of the molecule is CCC(=O)c1c(-c2ccc(F)cc2)oc2cc([N+](=O)[O-])c(-c3cccc(C(=O)CC4(c5ccccc5)CC4)c3)cc12. The van der Waals surface area contributed by atoms with Gasteiger partial charge in [0.05, 0.1) is 22.1 Å². The van der Waals surface area contributed by atoms with E-state index in [2.05, 4.69) is 12.1 Å². The number of fused-ring (bicyclic) bond motifs is 1. The Labute approximate surface area is 235 Å². The van der Waals surface area contributed by atoms with E-state index in [9.17, 15) is 24.1 Å². The Hall–Kier alpha value is -4.91. The lowest BCUT2D eigenvalue weighted by atomic mass is 9.88. The fourth-order valence-corrected chi connectivity index (χ4v) is 5.55. The van der Waals surface area contributed by atoms with Crippen molar-refractivity contribution >= 4 is 28.2 Å². The molecule has 1 aliphatic carbocycles. The van der Waals surface area contributed by atoms with Crippen molar-refractivity contribution in [1.82, 2.24) is 0 Å². The Morgan fingerprint density at radius 3 is 2.29 bits per heavy atom. The molecule has 0 saturated heterocycles. The molecule has 0 bridgehead atoms. The van der Waals surface area contributed by atoms with E-state index >= 15 is 0 Å². The van der Waals surface area contributed by atoms with Crippen molar-refractivity contribution in [3.05, 3.63) is 124 Å². The molecular formula is C34H26FNO5. The molecule has 6 nitrogen and oxygen atoms in total. The van der Waals surface area contributed by atoms with Gasteiger partial charge >= 0.3 is 0 Å². The van der Waals surface area contributed by atoms with Gasteiger partial charge in [-0.1, -0.05) is 55.5 Å². The maximum absolute atomic E-state index is 13.6. The van der Waals surface area contributed by atoms with Crippen LogP contribution in [0, 0.1) is 15.9 Å². The van der Waals surface area contributed by atoms with Crippen molar-refractivity contribution in [2.45, 2.75) is 38.0 Å². The van der Waals surface area contributed by atoms with Crippen LogP contribution in [0.15, 0.2) is 95.4 Å². The van der Waals surface area contributed by atoms with Crippen LogP contribution in [-0.2, 0) is 5.41 Å². The standard InChI is InChI=1S/C34H26FNO5/c1-2-29(37)32-27-18-26(28(36(39)40)19-31(27)41-33(32)21-11-13-25(35)14-12-21)22-7-6-8-23(17-22)30(38)20-34(15-16-34)24-9-4-3-5-10-24/h3-14,17-19H,2,15-16,20H2,1H3. The average Bonchev–Trinajstić information content (AvgIpc) is 3.68. The fraction of sp³-hybridized carbons (Fsp3) is 0.176. The van der Waals surface area contributed by atoms with E-state index in [1.54, 1.807) is 37.3 Å². The monoisotopic (exact) mass is 547 g/mol. The number of rotatable bonds is 9. The molecule has 5 aromatic rings. The van der Waals surface area contributed by atoms with Crippen LogP contribution in [-0.4, -0.2) is 16.5 Å². The number of halogens is 1. The van der Waals surface area contributed by atoms with E-state index in [-0.39, 0.29) is 51.6 Å². The molecule has 204 valence electrons. The van der Waals surface area contributed by atoms with Gasteiger partial charge in [-0.05, 0) is 60.4 Å². The van der Waals surface area contributed by atoms with Crippen molar-refractivity contribution in [2.75, 3.05) is 0 Å². The summed E-state index contributed by atoms with van der Waals surface area (Å²) in [6.07, 6.45) is 2.42. The number of ketones is 2. The summed E-state index contributed by atoms with van der Waals surface area (Å²) in [4.78, 5) is 38.2. The highest BCUT2D eigenvalue weighted by atomic mass is 19.1. The second-order valence-corrected chi connectivity index (χ2v) is 10.5. The van der Waals surface area contributed by atoms with Gasteiger partial charge in [0, 0.05) is 34.8 Å². The first-order valence-corrected chi connectivity index (χ1v) is 13.5. The third kappa shape index (κ3) is 4.84. The molecule has 6 rings (SSSR count). The Bertz CT molecular complexity index is 1820. The summed E-state index contributed by atoms with van der Waals surface area (Å²) in [7, 11) is 0. The highest BCUT2D eigenvalue weighted by Gasteiger charge is 2.45. The fourth-order valence-electron chi connectivity index (χ4n) is 5.55. The van der Waals surface area contributed by atoms with Crippen molar-refractivity contribution < 1.29 is 23.3 Å². The maximum atomic E-state index is 13.6. The summed E-state index contributed by atoms with van der Waals surface area (Å²) in [5.41, 5.74) is 2.98. The minimum absolute atomic E-state index is 0.0271. The van der Waals surface area contributed by atoms with Crippen LogP contribution in [0.4, 0.5) is 10.1 Å². The van der Waals surface area contributed by atoms with Crippen molar-refractivity contribution in [3.8, 4) is 22.5 Å². The molecule has 7 heteroatoms. The Balaban J connectivity index is 1.44. The van der Waals surface area contributed by atoms with Gasteiger partial charge in [-0.3, -0.25) is 19.7 Å². The van der Waals surface area contributed by atoms with E-state index in [4.69, 9.17) is 4.42 Å². The Morgan fingerprint density at radius 1 is 0.902 bits per heavy atom. The number of hydrogen-bond acceptors (Lipinski definition) is 5. The lowest BCUT2D eigenvalue weighted by Crippen LogP contribution is -2.13. The molecule has 1 heterocycles. The molecule has 1 aliphatic rings. The zero-order valence-corrected chi connectivity index (χ0v) is 22.4. The Morgan fingerprint density at radius 2 is 1.63 bits per heavy atom. The Kier molecular flexibility index (Phi) is 6.58. The van der Waals surface area contributed by atoms with Gasteiger partial charge in [-0.25, -0.2) is 4.39 Å². The number of nitro groups is 1. The lowest BCUT2D eigenvalue weighted by Gasteiger charge is -2.15. The number of hydrogen-bond donors (Lipinski definition) is 0. The largest absolute Gasteiger partial charge is 0.455 e. The molecule has 0 spiro atoms. The van der Waals surface area contributed by atoms with Crippen molar-refractivity contribution in [1.29, 1.82) is 0 Å². The second kappa shape index (κ2) is 10.2. The first-order chi connectivity index (χ1) is 19.8. The number of nitrogens with zero attached hydrogens (tertiary/aromatic N) is 1. The summed E-state index contributed by atoms with van der Waals surface area (Å²) in [6.45, 7) is 1.72. The van der Waals surface area contributed by atoms with Gasteiger partial charge in [-0.15, -0.1) is 0 Å². The number of benzene rings is 4. The lowest BCUT2D eigenvalue weighted by molar-refractivity contribution is -0.384. The van der Waals surface area contributed by atoms with Crippen LogP contribution >= 0.6 is 0 Å². The number of carbonyl (C=O) groups excluding carboxylic acids is 2. The third-order valence-corrected chi connectivity index (χ3v) is 7.94. The molecule has 0 radical (unpaired) electrons. The number of carbonyl (C=O) groups is 2.